The van der Waals surface area contributed by atoms with Crippen molar-refractivity contribution in [3.8, 4) is 0 Å². The van der Waals surface area contributed by atoms with E-state index in [1.165, 1.54) is 0 Å². The number of allylic oxidation sites excluding steroid dienone is 1. The first-order valence-electron chi connectivity index (χ1n) is 5.61. The predicted molar refractivity (Wildman–Crippen MR) is 78.9 cm³/mol. The lowest BCUT2D eigenvalue weighted by atomic mass is 10.0. The molecule has 1 aliphatic rings. The van der Waals surface area contributed by atoms with Gasteiger partial charge in [0.05, 0.1) is 4.90 Å². The normalized spacial score (nSPS) is 20.0. The van der Waals surface area contributed by atoms with E-state index in [-0.39, 0.29) is 10.9 Å². The molecule has 2 rings (SSSR count). The van der Waals surface area contributed by atoms with Gasteiger partial charge in [-0.1, -0.05) is 28.1 Å². The maximum atomic E-state index is 12.3. The third-order valence-electron chi connectivity index (χ3n) is 2.77. The highest BCUT2D eigenvalue weighted by atomic mass is 79.9. The molecule has 1 aromatic rings. The zero-order valence-corrected chi connectivity index (χ0v) is 13.6. The average molecular weight is 395 g/mol. The van der Waals surface area contributed by atoms with Gasteiger partial charge in [0.2, 0.25) is 10.0 Å². The Hall–Kier alpha value is -0.170. The molecule has 0 spiro atoms. The third kappa shape index (κ3) is 3.44. The number of rotatable bonds is 3. The van der Waals surface area contributed by atoms with Crippen molar-refractivity contribution in [2.45, 2.75) is 30.2 Å². The van der Waals surface area contributed by atoms with E-state index in [4.69, 9.17) is 0 Å². The van der Waals surface area contributed by atoms with Gasteiger partial charge in [0.1, 0.15) is 0 Å². The minimum Gasteiger partial charge on any atom is -0.208 e. The minimum atomic E-state index is -3.47. The summed E-state index contributed by atoms with van der Waals surface area (Å²) in [7, 11) is -3.47. The van der Waals surface area contributed by atoms with Gasteiger partial charge in [0, 0.05) is 15.0 Å². The van der Waals surface area contributed by atoms with Crippen LogP contribution in [0, 0.1) is 0 Å². The first kappa shape index (κ1) is 14.2. The maximum Gasteiger partial charge on any atom is 0.241 e. The Morgan fingerprint density at radius 2 is 2.00 bits per heavy atom. The van der Waals surface area contributed by atoms with Crippen LogP contribution >= 0.6 is 31.9 Å². The maximum absolute atomic E-state index is 12.3. The summed E-state index contributed by atoms with van der Waals surface area (Å²) in [5.74, 6) is 0. The molecule has 0 bridgehead atoms. The Morgan fingerprint density at radius 1 is 1.22 bits per heavy atom. The number of hydrogen-bond acceptors (Lipinski definition) is 2. The SMILES string of the molecule is O=S(=O)(NC1CC=CCC1)c1cc(Br)ccc1Br. The van der Waals surface area contributed by atoms with E-state index in [1.807, 2.05) is 6.08 Å². The summed E-state index contributed by atoms with van der Waals surface area (Å²) < 4.78 is 28.6. The highest BCUT2D eigenvalue weighted by Gasteiger charge is 2.22. The van der Waals surface area contributed by atoms with Crippen LogP contribution in [-0.4, -0.2) is 14.5 Å². The van der Waals surface area contributed by atoms with Gasteiger partial charge >= 0.3 is 0 Å². The van der Waals surface area contributed by atoms with Gasteiger partial charge in [-0.25, -0.2) is 13.1 Å². The van der Waals surface area contributed by atoms with Crippen molar-refractivity contribution in [2.24, 2.45) is 0 Å². The standard InChI is InChI=1S/C12H13Br2NO2S/c13-9-6-7-11(14)12(8-9)18(16,17)15-10-4-2-1-3-5-10/h1-2,6-8,10,15H,3-5H2. The summed E-state index contributed by atoms with van der Waals surface area (Å²) in [4.78, 5) is 0.270. The van der Waals surface area contributed by atoms with Crippen molar-refractivity contribution in [2.75, 3.05) is 0 Å². The molecule has 0 heterocycles. The van der Waals surface area contributed by atoms with Crippen LogP contribution in [0.25, 0.3) is 0 Å². The molecule has 98 valence electrons. The zero-order chi connectivity index (χ0) is 13.2. The summed E-state index contributed by atoms with van der Waals surface area (Å²) in [6.45, 7) is 0. The first-order valence-corrected chi connectivity index (χ1v) is 8.68. The Kier molecular flexibility index (Phi) is 4.64. The Morgan fingerprint density at radius 3 is 2.67 bits per heavy atom. The van der Waals surface area contributed by atoms with Crippen molar-refractivity contribution in [3.05, 3.63) is 39.3 Å². The molecule has 0 saturated heterocycles. The second-order valence-corrected chi connectivity index (χ2v) is 7.63. The van der Waals surface area contributed by atoms with Gasteiger partial charge in [-0.15, -0.1) is 0 Å². The minimum absolute atomic E-state index is 0.00844. The van der Waals surface area contributed by atoms with Crippen LogP contribution in [0.5, 0.6) is 0 Å². The fourth-order valence-corrected chi connectivity index (χ4v) is 4.65. The number of nitrogens with one attached hydrogen (secondary N) is 1. The van der Waals surface area contributed by atoms with Crippen molar-refractivity contribution in [3.63, 3.8) is 0 Å². The number of benzene rings is 1. The highest BCUT2D eigenvalue weighted by Crippen LogP contribution is 2.26. The van der Waals surface area contributed by atoms with Crippen LogP contribution < -0.4 is 4.72 Å². The fourth-order valence-electron chi connectivity index (χ4n) is 1.87. The quantitative estimate of drug-likeness (QED) is 0.796. The molecule has 0 amide bonds. The monoisotopic (exact) mass is 393 g/mol. The number of halogens is 2. The smallest absolute Gasteiger partial charge is 0.208 e. The molecule has 3 nitrogen and oxygen atoms in total. The van der Waals surface area contributed by atoms with Gasteiger partial charge in [0.15, 0.2) is 0 Å². The molecule has 1 aromatic carbocycles. The molecule has 0 fully saturated rings. The molecule has 1 aliphatic carbocycles. The van der Waals surface area contributed by atoms with Gasteiger partial charge in [-0.3, -0.25) is 0 Å². The highest BCUT2D eigenvalue weighted by molar-refractivity contribution is 9.11. The second-order valence-electron chi connectivity index (χ2n) is 4.18. The molecule has 1 unspecified atom stereocenters. The molecule has 0 radical (unpaired) electrons. The summed E-state index contributed by atoms with van der Waals surface area (Å²) in [6.07, 6.45) is 6.63. The zero-order valence-electron chi connectivity index (χ0n) is 9.57. The molecule has 1 N–H and O–H groups in total. The topological polar surface area (TPSA) is 46.2 Å². The number of sulfonamides is 1. The summed E-state index contributed by atoms with van der Waals surface area (Å²) in [6, 6.07) is 5.11. The first-order chi connectivity index (χ1) is 8.49. The van der Waals surface area contributed by atoms with Gasteiger partial charge in [-0.05, 0) is 53.4 Å². The largest absolute Gasteiger partial charge is 0.241 e. The second kappa shape index (κ2) is 5.86. The van der Waals surface area contributed by atoms with Gasteiger partial charge in [-0.2, -0.15) is 0 Å². The van der Waals surface area contributed by atoms with E-state index in [0.717, 1.165) is 23.7 Å². The Balaban J connectivity index is 2.24. The third-order valence-corrected chi connectivity index (χ3v) is 5.78. The molecule has 0 aliphatic heterocycles. The summed E-state index contributed by atoms with van der Waals surface area (Å²) in [5.41, 5.74) is 0. The van der Waals surface area contributed by atoms with Crippen LogP contribution in [0.4, 0.5) is 0 Å². The van der Waals surface area contributed by atoms with Crippen LogP contribution in [0.1, 0.15) is 19.3 Å². The van der Waals surface area contributed by atoms with Crippen LogP contribution in [0.3, 0.4) is 0 Å². The Bertz CT molecular complexity index is 569. The molecule has 0 saturated carbocycles. The van der Waals surface area contributed by atoms with Crippen molar-refractivity contribution in [1.29, 1.82) is 0 Å². The Labute approximate surface area is 124 Å². The molecular formula is C12H13Br2NO2S. The van der Waals surface area contributed by atoms with E-state index in [9.17, 15) is 8.42 Å². The van der Waals surface area contributed by atoms with Gasteiger partial charge < -0.3 is 0 Å². The molecule has 18 heavy (non-hydrogen) atoms. The van der Waals surface area contributed by atoms with E-state index >= 15 is 0 Å². The molecular weight excluding hydrogens is 382 g/mol. The van der Waals surface area contributed by atoms with Gasteiger partial charge in [0.25, 0.3) is 0 Å². The van der Waals surface area contributed by atoms with E-state index in [1.54, 1.807) is 18.2 Å². The van der Waals surface area contributed by atoms with Crippen LogP contribution in [-0.2, 0) is 10.0 Å². The van der Waals surface area contributed by atoms with Crippen molar-refractivity contribution < 1.29 is 8.42 Å². The van der Waals surface area contributed by atoms with E-state index < -0.39 is 10.0 Å². The van der Waals surface area contributed by atoms with Crippen LogP contribution in [0.2, 0.25) is 0 Å². The summed E-state index contributed by atoms with van der Waals surface area (Å²) >= 11 is 6.57. The van der Waals surface area contributed by atoms with Crippen molar-refractivity contribution in [1.82, 2.24) is 4.72 Å². The predicted octanol–water partition coefficient (Wildman–Crippen LogP) is 3.60. The van der Waals surface area contributed by atoms with E-state index in [0.29, 0.717) is 4.47 Å². The lowest BCUT2D eigenvalue weighted by molar-refractivity contribution is 0.522. The fraction of sp³-hybridized carbons (Fsp3) is 0.333. The van der Waals surface area contributed by atoms with Crippen LogP contribution in [0.15, 0.2) is 44.2 Å². The average Bonchev–Trinajstić information content (AvgIpc) is 2.33. The lowest BCUT2D eigenvalue weighted by Crippen LogP contribution is -2.35. The summed E-state index contributed by atoms with van der Waals surface area (Å²) in [5, 5.41) is 0. The molecule has 1 atom stereocenters. The molecule has 6 heteroatoms. The number of hydrogen-bond donors (Lipinski definition) is 1. The van der Waals surface area contributed by atoms with E-state index in [2.05, 4.69) is 42.7 Å². The van der Waals surface area contributed by atoms with Crippen molar-refractivity contribution >= 4 is 41.9 Å². The molecule has 0 aromatic heterocycles. The lowest BCUT2D eigenvalue weighted by Gasteiger charge is -2.19.